The van der Waals surface area contributed by atoms with Gasteiger partial charge in [0.15, 0.2) is 16.7 Å². The van der Waals surface area contributed by atoms with Gasteiger partial charge in [0.05, 0.1) is 10.9 Å². The van der Waals surface area contributed by atoms with E-state index >= 15 is 0 Å². The number of benzene rings is 2. The fourth-order valence-electron chi connectivity index (χ4n) is 3.23. The Kier molecular flexibility index (Phi) is 5.49. The standard InChI is InChI=1S/C22H23N3O3S/c1-14-4-6-18(15(2)10-14)25-9-8-23-22(25)29-16(3)21(26)24-12-17-5-7-19-20(11-17)28-13-27-19/h4-11,16H,12-13H2,1-3H3,(H,24,26)/t16-/m1/s1. The van der Waals surface area contributed by atoms with Crippen molar-refractivity contribution in [3.63, 3.8) is 0 Å². The van der Waals surface area contributed by atoms with Crippen molar-refractivity contribution in [2.45, 2.75) is 37.7 Å². The molecule has 4 rings (SSSR count). The SMILES string of the molecule is Cc1ccc(-n2ccnc2S[C@H](C)C(=O)NCc2ccc3c(c2)OCO3)c(C)c1. The number of carbonyl (C=O) groups excluding carboxylic acids is 1. The molecule has 6 nitrogen and oxygen atoms in total. The molecule has 0 aliphatic carbocycles. The molecule has 1 aliphatic heterocycles. The number of ether oxygens (including phenoxy) is 2. The largest absolute Gasteiger partial charge is 0.454 e. The highest BCUT2D eigenvalue weighted by Gasteiger charge is 2.19. The van der Waals surface area contributed by atoms with E-state index in [0.717, 1.165) is 27.9 Å². The van der Waals surface area contributed by atoms with Crippen LogP contribution in [0.25, 0.3) is 5.69 Å². The predicted octanol–water partition coefficient (Wildman–Crippen LogP) is 4.01. The molecule has 0 saturated heterocycles. The van der Waals surface area contributed by atoms with Crippen LogP contribution in [-0.4, -0.2) is 27.5 Å². The van der Waals surface area contributed by atoms with Gasteiger partial charge in [0, 0.05) is 18.9 Å². The van der Waals surface area contributed by atoms with E-state index in [1.165, 1.54) is 22.9 Å². The summed E-state index contributed by atoms with van der Waals surface area (Å²) in [4.78, 5) is 17.1. The molecule has 1 atom stereocenters. The summed E-state index contributed by atoms with van der Waals surface area (Å²) in [5, 5.41) is 3.50. The fourth-order valence-corrected chi connectivity index (χ4v) is 4.13. The average molecular weight is 410 g/mol. The van der Waals surface area contributed by atoms with Crippen LogP contribution >= 0.6 is 11.8 Å². The Morgan fingerprint density at radius 2 is 2.03 bits per heavy atom. The van der Waals surface area contributed by atoms with Crippen LogP contribution in [-0.2, 0) is 11.3 Å². The predicted molar refractivity (Wildman–Crippen MR) is 113 cm³/mol. The van der Waals surface area contributed by atoms with Gasteiger partial charge >= 0.3 is 0 Å². The summed E-state index contributed by atoms with van der Waals surface area (Å²) in [6.07, 6.45) is 3.69. The zero-order valence-electron chi connectivity index (χ0n) is 16.6. The van der Waals surface area contributed by atoms with E-state index in [4.69, 9.17) is 9.47 Å². The van der Waals surface area contributed by atoms with Gasteiger partial charge in [0.25, 0.3) is 0 Å². The monoisotopic (exact) mass is 409 g/mol. The van der Waals surface area contributed by atoms with Crippen molar-refractivity contribution in [3.8, 4) is 17.2 Å². The van der Waals surface area contributed by atoms with Crippen molar-refractivity contribution >= 4 is 17.7 Å². The first-order chi connectivity index (χ1) is 14.0. The molecule has 1 amide bonds. The molecule has 1 aromatic heterocycles. The summed E-state index contributed by atoms with van der Waals surface area (Å²) >= 11 is 1.44. The lowest BCUT2D eigenvalue weighted by Gasteiger charge is -2.15. The van der Waals surface area contributed by atoms with Crippen molar-refractivity contribution in [3.05, 3.63) is 65.5 Å². The van der Waals surface area contributed by atoms with Gasteiger partial charge in [0.1, 0.15) is 0 Å². The van der Waals surface area contributed by atoms with Crippen molar-refractivity contribution in [2.24, 2.45) is 0 Å². The molecule has 0 saturated carbocycles. The normalized spacial score (nSPS) is 13.3. The molecule has 1 N–H and O–H groups in total. The van der Waals surface area contributed by atoms with E-state index in [0.29, 0.717) is 6.54 Å². The number of amides is 1. The van der Waals surface area contributed by atoms with E-state index < -0.39 is 0 Å². The molecule has 0 spiro atoms. The molecule has 7 heteroatoms. The Hall–Kier alpha value is -2.93. The highest BCUT2D eigenvalue weighted by atomic mass is 32.2. The Morgan fingerprint density at radius 1 is 1.21 bits per heavy atom. The van der Waals surface area contributed by atoms with E-state index in [2.05, 4.69) is 42.3 Å². The molecular formula is C22H23N3O3S. The lowest BCUT2D eigenvalue weighted by atomic mass is 10.1. The number of thioether (sulfide) groups is 1. The van der Waals surface area contributed by atoms with Gasteiger partial charge in [-0.1, -0.05) is 35.5 Å². The molecule has 2 heterocycles. The Labute approximate surface area is 174 Å². The van der Waals surface area contributed by atoms with Crippen molar-refractivity contribution < 1.29 is 14.3 Å². The smallest absolute Gasteiger partial charge is 0.233 e. The zero-order valence-corrected chi connectivity index (χ0v) is 17.5. The van der Waals surface area contributed by atoms with Gasteiger partial charge in [-0.25, -0.2) is 4.98 Å². The lowest BCUT2D eigenvalue weighted by molar-refractivity contribution is -0.120. The van der Waals surface area contributed by atoms with Crippen LogP contribution in [0, 0.1) is 13.8 Å². The second-order valence-corrected chi connectivity index (χ2v) is 8.34. The minimum absolute atomic E-state index is 0.0390. The molecule has 0 unspecified atom stereocenters. The molecule has 3 aromatic rings. The van der Waals surface area contributed by atoms with Gasteiger partial charge in [-0.15, -0.1) is 0 Å². The van der Waals surface area contributed by atoms with Crippen molar-refractivity contribution in [2.75, 3.05) is 6.79 Å². The number of rotatable bonds is 6. The van der Waals surface area contributed by atoms with Crippen LogP contribution in [0.15, 0.2) is 53.9 Å². The summed E-state index contributed by atoms with van der Waals surface area (Å²) in [6, 6.07) is 12.0. The molecular weight excluding hydrogens is 386 g/mol. The molecule has 150 valence electrons. The van der Waals surface area contributed by atoms with Gasteiger partial charge in [-0.2, -0.15) is 0 Å². The number of hydrogen-bond acceptors (Lipinski definition) is 5. The second-order valence-electron chi connectivity index (χ2n) is 7.04. The van der Waals surface area contributed by atoms with Gasteiger partial charge in [0.2, 0.25) is 12.7 Å². The summed E-state index contributed by atoms with van der Waals surface area (Å²) < 4.78 is 12.7. The average Bonchev–Trinajstić information content (AvgIpc) is 3.35. The Morgan fingerprint density at radius 3 is 2.86 bits per heavy atom. The maximum absolute atomic E-state index is 12.6. The molecule has 0 fully saturated rings. The van der Waals surface area contributed by atoms with Crippen LogP contribution in [0.3, 0.4) is 0 Å². The Balaban J connectivity index is 1.40. The third kappa shape index (κ3) is 4.24. The summed E-state index contributed by atoms with van der Waals surface area (Å²) in [6.45, 7) is 6.73. The zero-order chi connectivity index (χ0) is 20.4. The van der Waals surface area contributed by atoms with Crippen LogP contribution in [0.1, 0.15) is 23.6 Å². The maximum Gasteiger partial charge on any atom is 0.233 e. The van der Waals surface area contributed by atoms with Crippen LogP contribution in [0.4, 0.5) is 0 Å². The summed E-state index contributed by atoms with van der Waals surface area (Å²) in [7, 11) is 0. The minimum Gasteiger partial charge on any atom is -0.454 e. The number of fused-ring (bicyclic) bond motifs is 1. The first kappa shape index (κ1) is 19.4. The van der Waals surface area contributed by atoms with Gasteiger partial charge in [-0.05, 0) is 50.1 Å². The topological polar surface area (TPSA) is 65.4 Å². The summed E-state index contributed by atoms with van der Waals surface area (Å²) in [5.41, 5.74) is 4.43. The van der Waals surface area contributed by atoms with E-state index in [9.17, 15) is 4.79 Å². The quantitative estimate of drug-likeness (QED) is 0.623. The van der Waals surface area contributed by atoms with Crippen molar-refractivity contribution in [1.82, 2.24) is 14.9 Å². The van der Waals surface area contributed by atoms with Crippen LogP contribution < -0.4 is 14.8 Å². The number of aromatic nitrogens is 2. The first-order valence-corrected chi connectivity index (χ1v) is 10.3. The lowest BCUT2D eigenvalue weighted by Crippen LogP contribution is -2.30. The Bertz CT molecular complexity index is 1050. The number of carbonyl (C=O) groups is 1. The number of aryl methyl sites for hydroxylation is 2. The number of nitrogens with one attached hydrogen (secondary N) is 1. The molecule has 29 heavy (non-hydrogen) atoms. The van der Waals surface area contributed by atoms with Gasteiger partial charge < -0.3 is 14.8 Å². The molecule has 1 aliphatic rings. The highest BCUT2D eigenvalue weighted by molar-refractivity contribution is 8.00. The number of nitrogens with zero attached hydrogens (tertiary/aromatic N) is 2. The summed E-state index contributed by atoms with van der Waals surface area (Å²) in [5.74, 6) is 1.42. The van der Waals surface area contributed by atoms with E-state index in [1.54, 1.807) is 6.20 Å². The minimum atomic E-state index is -0.282. The van der Waals surface area contributed by atoms with E-state index in [-0.39, 0.29) is 18.0 Å². The second kappa shape index (κ2) is 8.21. The van der Waals surface area contributed by atoms with Crippen LogP contribution in [0.5, 0.6) is 11.5 Å². The van der Waals surface area contributed by atoms with Crippen LogP contribution in [0.2, 0.25) is 0 Å². The number of hydrogen-bond donors (Lipinski definition) is 1. The molecule has 0 bridgehead atoms. The first-order valence-electron chi connectivity index (χ1n) is 9.45. The highest BCUT2D eigenvalue weighted by Crippen LogP contribution is 2.32. The fraction of sp³-hybridized carbons (Fsp3) is 0.273. The van der Waals surface area contributed by atoms with Gasteiger partial charge in [-0.3, -0.25) is 9.36 Å². The number of imidazole rings is 1. The van der Waals surface area contributed by atoms with E-state index in [1.807, 2.05) is 35.9 Å². The van der Waals surface area contributed by atoms with Crippen molar-refractivity contribution in [1.29, 1.82) is 0 Å². The molecule has 0 radical (unpaired) electrons. The molecule has 2 aromatic carbocycles. The third-order valence-electron chi connectivity index (χ3n) is 4.77. The third-order valence-corrected chi connectivity index (χ3v) is 5.85. The maximum atomic E-state index is 12.6.